The summed E-state index contributed by atoms with van der Waals surface area (Å²) in [7, 11) is -0.379. The molecule has 0 aliphatic carbocycles. The third-order valence-corrected chi connectivity index (χ3v) is 8.12. The number of carbonyl (C=O) groups is 3. The Kier molecular flexibility index (Phi) is 19.1. The molecule has 0 aliphatic rings. The standard InChI is InChI=1S/C26H47N2O11P/c1-20(2)28(21(3)4)40(38-13-8-12-27)39-19-26(17-35-14-9-22(29)30,18-36-15-11-24(33)34-7)25(5,6)37-16-10-23(31)32/h20-21H,8-11,13-19H2,1-7H3,(H,29,30)(H,31,32). The molecule has 0 aromatic carbocycles. The normalized spacial score (nSPS) is 14.2. The number of esters is 1. The first kappa shape index (κ1) is 38.1. The second-order valence-corrected chi connectivity index (χ2v) is 11.6. The van der Waals surface area contributed by atoms with Gasteiger partial charge in [-0.3, -0.25) is 14.4 Å². The second kappa shape index (κ2) is 20.0. The molecule has 0 aromatic rings. The van der Waals surface area contributed by atoms with Crippen molar-refractivity contribution in [2.24, 2.45) is 5.41 Å². The lowest BCUT2D eigenvalue weighted by atomic mass is 9.75. The number of nitrogens with zero attached hydrogens (tertiary/aromatic N) is 2. The zero-order chi connectivity index (χ0) is 30.8. The Bertz CT molecular complexity index is 796. The van der Waals surface area contributed by atoms with Gasteiger partial charge in [-0.2, -0.15) is 5.26 Å². The highest BCUT2D eigenvalue weighted by Crippen LogP contribution is 2.49. The molecule has 232 valence electrons. The van der Waals surface area contributed by atoms with Crippen LogP contribution in [0.15, 0.2) is 0 Å². The molecule has 2 atom stereocenters. The highest BCUT2D eigenvalue weighted by molar-refractivity contribution is 7.44. The quantitative estimate of drug-likeness (QED) is 0.0943. The number of ether oxygens (including phenoxy) is 4. The first-order valence-electron chi connectivity index (χ1n) is 13.2. The Morgan fingerprint density at radius 2 is 1.38 bits per heavy atom. The van der Waals surface area contributed by atoms with Gasteiger partial charge in [-0.05, 0) is 41.5 Å². The minimum Gasteiger partial charge on any atom is -0.481 e. The first-order valence-corrected chi connectivity index (χ1v) is 14.4. The van der Waals surface area contributed by atoms with Gasteiger partial charge in [0.1, 0.15) is 0 Å². The van der Waals surface area contributed by atoms with Gasteiger partial charge in [0.05, 0.1) is 96.1 Å². The molecule has 0 radical (unpaired) electrons. The van der Waals surface area contributed by atoms with Crippen LogP contribution in [-0.2, 0) is 42.4 Å². The van der Waals surface area contributed by atoms with Gasteiger partial charge in [0, 0.05) is 12.1 Å². The van der Waals surface area contributed by atoms with E-state index >= 15 is 0 Å². The van der Waals surface area contributed by atoms with Crippen molar-refractivity contribution in [3.05, 3.63) is 0 Å². The van der Waals surface area contributed by atoms with Crippen molar-refractivity contribution in [1.29, 1.82) is 5.26 Å². The molecule has 0 fully saturated rings. The van der Waals surface area contributed by atoms with Crippen molar-refractivity contribution in [3.8, 4) is 6.07 Å². The Morgan fingerprint density at radius 1 is 0.850 bits per heavy atom. The zero-order valence-corrected chi connectivity index (χ0v) is 25.7. The van der Waals surface area contributed by atoms with Crippen LogP contribution < -0.4 is 0 Å². The van der Waals surface area contributed by atoms with E-state index in [-0.39, 0.29) is 84.0 Å². The molecule has 0 rings (SSSR count). The Labute approximate surface area is 238 Å². The summed E-state index contributed by atoms with van der Waals surface area (Å²) in [6.07, 6.45) is -0.275. The minimum absolute atomic E-state index is 0.00602. The smallest absolute Gasteiger partial charge is 0.307 e. The number of carboxylic acid groups (broad SMARTS) is 2. The monoisotopic (exact) mass is 594 g/mol. The van der Waals surface area contributed by atoms with Gasteiger partial charge < -0.3 is 38.2 Å². The molecule has 14 heteroatoms. The van der Waals surface area contributed by atoms with Crippen molar-refractivity contribution < 1.29 is 52.6 Å². The number of nitriles is 1. The van der Waals surface area contributed by atoms with Gasteiger partial charge in [-0.1, -0.05) is 0 Å². The van der Waals surface area contributed by atoms with Gasteiger partial charge in [-0.25, -0.2) is 4.67 Å². The molecule has 0 saturated carbocycles. The van der Waals surface area contributed by atoms with E-state index in [1.54, 1.807) is 13.8 Å². The maximum Gasteiger partial charge on any atom is 0.307 e. The topological polar surface area (TPSA) is 174 Å². The summed E-state index contributed by atoms with van der Waals surface area (Å²) in [5.41, 5.74) is -2.18. The predicted octanol–water partition coefficient (Wildman–Crippen LogP) is 3.61. The van der Waals surface area contributed by atoms with E-state index in [2.05, 4.69) is 15.5 Å². The SMILES string of the molecule is COC(=O)CCOCC(COCCC(=O)O)(COP(OCCC#N)N(C(C)C)C(C)C)C(C)(C)OCCC(=O)O. The van der Waals surface area contributed by atoms with Crippen molar-refractivity contribution in [3.63, 3.8) is 0 Å². The Hall–Kier alpha value is -1.91. The van der Waals surface area contributed by atoms with E-state index in [1.807, 2.05) is 27.7 Å². The molecule has 0 aromatic heterocycles. The number of rotatable bonds is 24. The number of aliphatic carboxylic acids is 2. The molecular weight excluding hydrogens is 547 g/mol. The maximum absolute atomic E-state index is 11.6. The van der Waals surface area contributed by atoms with Gasteiger partial charge in [0.25, 0.3) is 8.53 Å². The van der Waals surface area contributed by atoms with Crippen LogP contribution in [0.2, 0.25) is 0 Å². The van der Waals surface area contributed by atoms with Crippen LogP contribution in [0.1, 0.15) is 67.2 Å². The van der Waals surface area contributed by atoms with E-state index in [0.717, 1.165) is 0 Å². The van der Waals surface area contributed by atoms with Gasteiger partial charge >= 0.3 is 17.9 Å². The fourth-order valence-electron chi connectivity index (χ4n) is 3.64. The van der Waals surface area contributed by atoms with Crippen LogP contribution in [0.25, 0.3) is 0 Å². The fourth-order valence-corrected chi connectivity index (χ4v) is 5.34. The second-order valence-electron chi connectivity index (χ2n) is 10.2. The lowest BCUT2D eigenvalue weighted by Gasteiger charge is -2.47. The number of carbonyl (C=O) groups excluding carboxylic acids is 1. The van der Waals surface area contributed by atoms with Crippen molar-refractivity contribution in [1.82, 2.24) is 4.67 Å². The van der Waals surface area contributed by atoms with Gasteiger partial charge in [0.2, 0.25) is 0 Å². The largest absolute Gasteiger partial charge is 0.481 e. The van der Waals surface area contributed by atoms with E-state index < -0.39 is 37.5 Å². The molecule has 0 aliphatic heterocycles. The Balaban J connectivity index is 6.26. The molecule has 0 spiro atoms. The molecule has 0 saturated heterocycles. The molecule has 0 heterocycles. The number of methoxy groups -OCH3 is 1. The van der Waals surface area contributed by atoms with Crippen LogP contribution >= 0.6 is 8.53 Å². The molecular formula is C26H47N2O11P. The highest BCUT2D eigenvalue weighted by atomic mass is 31.2. The minimum atomic E-state index is -1.66. The molecule has 0 amide bonds. The zero-order valence-electron chi connectivity index (χ0n) is 24.8. The van der Waals surface area contributed by atoms with E-state index in [1.165, 1.54) is 7.11 Å². The van der Waals surface area contributed by atoms with Crippen molar-refractivity contribution >= 4 is 26.4 Å². The van der Waals surface area contributed by atoms with Crippen LogP contribution in [-0.4, -0.2) is 104 Å². The average Bonchev–Trinajstić information content (AvgIpc) is 2.85. The van der Waals surface area contributed by atoms with Crippen LogP contribution in [0.3, 0.4) is 0 Å². The van der Waals surface area contributed by atoms with Crippen molar-refractivity contribution in [2.45, 2.75) is 84.9 Å². The van der Waals surface area contributed by atoms with Gasteiger partial charge in [-0.15, -0.1) is 0 Å². The lowest BCUT2D eigenvalue weighted by molar-refractivity contribution is -0.182. The molecule has 13 nitrogen and oxygen atoms in total. The van der Waals surface area contributed by atoms with E-state index in [0.29, 0.717) is 0 Å². The third-order valence-electron chi connectivity index (χ3n) is 6.06. The molecule has 2 N–H and O–H groups in total. The number of carboxylic acids is 2. The summed E-state index contributed by atoms with van der Waals surface area (Å²) in [4.78, 5) is 33.9. The Morgan fingerprint density at radius 3 is 1.85 bits per heavy atom. The third kappa shape index (κ3) is 14.6. The average molecular weight is 595 g/mol. The van der Waals surface area contributed by atoms with E-state index in [4.69, 9.17) is 38.7 Å². The van der Waals surface area contributed by atoms with E-state index in [9.17, 15) is 14.4 Å². The summed E-state index contributed by atoms with van der Waals surface area (Å²) in [6, 6.07) is 2.15. The molecule has 40 heavy (non-hydrogen) atoms. The molecule has 0 bridgehead atoms. The first-order chi connectivity index (χ1) is 18.7. The van der Waals surface area contributed by atoms with Crippen molar-refractivity contribution in [2.75, 3.05) is 53.4 Å². The highest BCUT2D eigenvalue weighted by Gasteiger charge is 2.48. The number of hydrogen-bond donors (Lipinski definition) is 2. The summed E-state index contributed by atoms with van der Waals surface area (Å²) >= 11 is 0. The predicted molar refractivity (Wildman–Crippen MR) is 146 cm³/mol. The fraction of sp³-hybridized carbons (Fsp3) is 0.846. The lowest BCUT2D eigenvalue weighted by Crippen LogP contribution is -2.55. The van der Waals surface area contributed by atoms with Crippen LogP contribution in [0.5, 0.6) is 0 Å². The summed E-state index contributed by atoms with van der Waals surface area (Å²) < 4.78 is 36.9. The number of hydrogen-bond acceptors (Lipinski definition) is 11. The van der Waals surface area contributed by atoms with Crippen LogP contribution in [0, 0.1) is 16.7 Å². The summed E-state index contributed by atoms with van der Waals surface area (Å²) in [5, 5.41) is 27.2. The van der Waals surface area contributed by atoms with Gasteiger partial charge in [0.15, 0.2) is 0 Å². The summed E-state index contributed by atoms with van der Waals surface area (Å²) in [6.45, 7) is 11.4. The summed E-state index contributed by atoms with van der Waals surface area (Å²) in [5.74, 6) is -2.49. The molecule has 2 unspecified atom stereocenters. The maximum atomic E-state index is 11.6. The van der Waals surface area contributed by atoms with Crippen LogP contribution in [0.4, 0.5) is 0 Å².